The summed E-state index contributed by atoms with van der Waals surface area (Å²) < 4.78 is 5.83. The fourth-order valence-electron chi connectivity index (χ4n) is 2.46. The molecule has 2 atom stereocenters. The minimum Gasteiger partial charge on any atom is -0.479 e. The van der Waals surface area contributed by atoms with Crippen LogP contribution in [-0.2, 0) is 9.53 Å². The van der Waals surface area contributed by atoms with Gasteiger partial charge in [-0.25, -0.2) is 4.79 Å². The van der Waals surface area contributed by atoms with Gasteiger partial charge >= 0.3 is 5.97 Å². The van der Waals surface area contributed by atoms with E-state index in [1.54, 1.807) is 0 Å². The van der Waals surface area contributed by atoms with Gasteiger partial charge in [-0.15, -0.1) is 0 Å². The summed E-state index contributed by atoms with van der Waals surface area (Å²) in [4.78, 5) is 11.5. The monoisotopic (exact) mass is 226 g/mol. The van der Waals surface area contributed by atoms with E-state index in [0.717, 1.165) is 0 Å². The van der Waals surface area contributed by atoms with Gasteiger partial charge in [0.25, 0.3) is 0 Å². The number of carboxylic acids is 1. The fourth-order valence-corrected chi connectivity index (χ4v) is 2.46. The number of aliphatic carboxylic acids is 1. The molecule has 0 heterocycles. The van der Waals surface area contributed by atoms with Crippen LogP contribution in [0.2, 0.25) is 0 Å². The highest BCUT2D eigenvalue weighted by atomic mass is 16.6. The summed E-state index contributed by atoms with van der Waals surface area (Å²) in [5, 5.41) is 9.44. The molecule has 0 aliphatic heterocycles. The Hall–Kier alpha value is -0.830. The fraction of sp³-hybridized carbons (Fsp3) is 0.769. The Bertz CT molecular complexity index is 323. The van der Waals surface area contributed by atoms with Gasteiger partial charge in [0.05, 0.1) is 5.60 Å². The molecule has 1 saturated carbocycles. The van der Waals surface area contributed by atoms with Crippen molar-refractivity contribution in [3.05, 3.63) is 12.2 Å². The molecule has 0 aromatic heterocycles. The summed E-state index contributed by atoms with van der Waals surface area (Å²) >= 11 is 0. The van der Waals surface area contributed by atoms with Crippen LogP contribution in [0.15, 0.2) is 12.2 Å². The van der Waals surface area contributed by atoms with E-state index in [4.69, 9.17) is 4.74 Å². The lowest BCUT2D eigenvalue weighted by molar-refractivity contribution is -0.170. The number of carbonyl (C=O) groups is 1. The second-order valence-corrected chi connectivity index (χ2v) is 5.98. The highest BCUT2D eigenvalue weighted by Gasteiger charge is 2.77. The molecule has 0 bridgehead atoms. The van der Waals surface area contributed by atoms with Crippen molar-refractivity contribution < 1.29 is 14.6 Å². The molecule has 1 N–H and O–H groups in total. The molecular formula is C13H22O3. The van der Waals surface area contributed by atoms with Gasteiger partial charge in [-0.1, -0.05) is 26.0 Å². The van der Waals surface area contributed by atoms with Gasteiger partial charge in [-0.2, -0.15) is 0 Å². The first-order valence-electron chi connectivity index (χ1n) is 5.66. The quantitative estimate of drug-likeness (QED) is 0.753. The van der Waals surface area contributed by atoms with E-state index in [1.165, 1.54) is 0 Å². The molecule has 1 fully saturated rings. The van der Waals surface area contributed by atoms with E-state index in [1.807, 2.05) is 53.7 Å². The lowest BCUT2D eigenvalue weighted by Crippen LogP contribution is -2.39. The third kappa shape index (κ3) is 1.77. The Morgan fingerprint density at radius 2 is 1.88 bits per heavy atom. The second kappa shape index (κ2) is 3.59. The predicted molar refractivity (Wildman–Crippen MR) is 63.3 cm³/mol. The number of hydrogen-bond donors (Lipinski definition) is 1. The summed E-state index contributed by atoms with van der Waals surface area (Å²) in [6, 6.07) is 0. The molecular weight excluding hydrogens is 204 g/mol. The highest BCUT2D eigenvalue weighted by Crippen LogP contribution is 2.65. The number of rotatable bonds is 3. The zero-order valence-corrected chi connectivity index (χ0v) is 11.0. The molecule has 0 spiro atoms. The van der Waals surface area contributed by atoms with E-state index in [-0.39, 0.29) is 11.3 Å². The molecule has 0 aromatic carbocycles. The van der Waals surface area contributed by atoms with Gasteiger partial charge in [0.15, 0.2) is 5.60 Å². The summed E-state index contributed by atoms with van der Waals surface area (Å²) in [6.45, 7) is 11.4. The Morgan fingerprint density at radius 1 is 1.38 bits per heavy atom. The van der Waals surface area contributed by atoms with Crippen LogP contribution in [0.5, 0.6) is 0 Å². The van der Waals surface area contributed by atoms with Gasteiger partial charge in [-0.3, -0.25) is 0 Å². The van der Waals surface area contributed by atoms with Gasteiger partial charge in [0, 0.05) is 11.3 Å². The lowest BCUT2D eigenvalue weighted by Gasteiger charge is -2.27. The average Bonchev–Trinajstić information content (AvgIpc) is 2.50. The van der Waals surface area contributed by atoms with Crippen molar-refractivity contribution in [2.24, 2.45) is 11.3 Å². The normalized spacial score (nSPS) is 33.0. The van der Waals surface area contributed by atoms with Crippen LogP contribution < -0.4 is 0 Å². The average molecular weight is 226 g/mol. The van der Waals surface area contributed by atoms with Crippen LogP contribution in [0.25, 0.3) is 0 Å². The molecule has 3 heteroatoms. The minimum absolute atomic E-state index is 0.0540. The van der Waals surface area contributed by atoms with Crippen molar-refractivity contribution in [1.82, 2.24) is 0 Å². The summed E-state index contributed by atoms with van der Waals surface area (Å²) in [5.74, 6) is -0.919. The predicted octanol–water partition coefficient (Wildman–Crippen LogP) is 2.86. The van der Waals surface area contributed by atoms with Gasteiger partial charge in [0.2, 0.25) is 0 Å². The minimum atomic E-state index is -1.07. The molecule has 16 heavy (non-hydrogen) atoms. The third-order valence-corrected chi connectivity index (χ3v) is 3.26. The zero-order chi connectivity index (χ0) is 12.8. The molecule has 0 amide bonds. The van der Waals surface area contributed by atoms with Crippen molar-refractivity contribution in [3.63, 3.8) is 0 Å². The lowest BCUT2D eigenvalue weighted by atomic mass is 10.1. The summed E-state index contributed by atoms with van der Waals surface area (Å²) in [6.07, 6.45) is 3.82. The van der Waals surface area contributed by atoms with E-state index in [2.05, 4.69) is 0 Å². The van der Waals surface area contributed by atoms with Crippen LogP contribution in [0.4, 0.5) is 0 Å². The highest BCUT2D eigenvalue weighted by molar-refractivity contribution is 5.85. The summed E-state index contributed by atoms with van der Waals surface area (Å²) in [7, 11) is 0. The van der Waals surface area contributed by atoms with E-state index >= 15 is 0 Å². The van der Waals surface area contributed by atoms with Crippen LogP contribution in [0.1, 0.15) is 41.5 Å². The zero-order valence-electron chi connectivity index (χ0n) is 11.0. The van der Waals surface area contributed by atoms with Crippen LogP contribution in [0, 0.1) is 11.3 Å². The van der Waals surface area contributed by atoms with E-state index < -0.39 is 17.2 Å². The second-order valence-electron chi connectivity index (χ2n) is 5.98. The SMILES string of the molecule is CC=CC1C(C)(C)C1(OC(C)(C)C)C(=O)O. The van der Waals surface area contributed by atoms with Crippen molar-refractivity contribution >= 4 is 5.97 Å². The molecule has 2 unspecified atom stereocenters. The molecule has 3 nitrogen and oxygen atoms in total. The molecule has 1 aliphatic carbocycles. The van der Waals surface area contributed by atoms with Gasteiger partial charge in [0.1, 0.15) is 0 Å². The van der Waals surface area contributed by atoms with Crippen molar-refractivity contribution in [2.75, 3.05) is 0 Å². The number of carboxylic acid groups (broad SMARTS) is 1. The standard InChI is InChI=1S/C13H22O3/c1-7-8-9-12(5,6)13(9,10(14)15)16-11(2,3)4/h7-9H,1-6H3,(H,14,15). The van der Waals surface area contributed by atoms with Crippen LogP contribution >= 0.6 is 0 Å². The van der Waals surface area contributed by atoms with Crippen molar-refractivity contribution in [2.45, 2.75) is 52.7 Å². The van der Waals surface area contributed by atoms with Gasteiger partial charge in [-0.05, 0) is 27.7 Å². The molecule has 0 saturated heterocycles. The first-order valence-corrected chi connectivity index (χ1v) is 5.66. The van der Waals surface area contributed by atoms with Gasteiger partial charge < -0.3 is 9.84 Å². The molecule has 1 rings (SSSR count). The van der Waals surface area contributed by atoms with Crippen molar-refractivity contribution in [3.8, 4) is 0 Å². The summed E-state index contributed by atoms with van der Waals surface area (Å²) in [5.41, 5.74) is -1.87. The molecule has 1 aliphatic rings. The smallest absolute Gasteiger partial charge is 0.337 e. The first-order chi connectivity index (χ1) is 7.09. The molecule has 0 aromatic rings. The maximum atomic E-state index is 11.5. The van der Waals surface area contributed by atoms with E-state index in [0.29, 0.717) is 0 Å². The topological polar surface area (TPSA) is 46.5 Å². The largest absolute Gasteiger partial charge is 0.479 e. The maximum absolute atomic E-state index is 11.5. The van der Waals surface area contributed by atoms with E-state index in [9.17, 15) is 9.90 Å². The third-order valence-electron chi connectivity index (χ3n) is 3.26. The Morgan fingerprint density at radius 3 is 2.19 bits per heavy atom. The maximum Gasteiger partial charge on any atom is 0.337 e. The van der Waals surface area contributed by atoms with Crippen molar-refractivity contribution in [1.29, 1.82) is 0 Å². The first kappa shape index (κ1) is 13.2. The number of hydrogen-bond acceptors (Lipinski definition) is 2. The Labute approximate surface area is 97.5 Å². The molecule has 92 valence electrons. The van der Waals surface area contributed by atoms with Crippen LogP contribution in [0.3, 0.4) is 0 Å². The van der Waals surface area contributed by atoms with Crippen LogP contribution in [-0.4, -0.2) is 22.3 Å². The number of ether oxygens (including phenoxy) is 1. The Balaban J connectivity index is 3.07. The molecule has 0 radical (unpaired) electrons. The Kier molecular flexibility index (Phi) is 2.97. The number of allylic oxidation sites excluding steroid dienone is 1.